The van der Waals surface area contributed by atoms with Gasteiger partial charge in [-0.1, -0.05) is 18.2 Å². The van der Waals surface area contributed by atoms with E-state index in [2.05, 4.69) is 10.9 Å². The second kappa shape index (κ2) is 4.84. The first kappa shape index (κ1) is 10.0. The molecule has 0 bridgehead atoms. The van der Waals surface area contributed by atoms with Crippen molar-refractivity contribution in [1.82, 2.24) is 5.43 Å². The zero-order chi connectivity index (χ0) is 9.68. The highest BCUT2D eigenvalue weighted by Gasteiger charge is 2.06. The van der Waals surface area contributed by atoms with Gasteiger partial charge in [0.15, 0.2) is 0 Å². The molecule has 0 aliphatic heterocycles. The first-order valence-electron chi connectivity index (χ1n) is 4.45. The Kier molecular flexibility index (Phi) is 3.73. The molecule has 0 spiro atoms. The standard InChI is InChI=1S/C10H16N2O/c1-8(9(2)13)11-12-10-6-4-3-5-7-10/h3-9,11-13H,1-2H3. The van der Waals surface area contributed by atoms with Gasteiger partial charge in [-0.05, 0) is 26.0 Å². The maximum atomic E-state index is 9.20. The van der Waals surface area contributed by atoms with E-state index in [1.54, 1.807) is 6.92 Å². The number of hydrazine groups is 1. The van der Waals surface area contributed by atoms with Crippen LogP contribution in [0.1, 0.15) is 13.8 Å². The van der Waals surface area contributed by atoms with Gasteiger partial charge in [0.05, 0.1) is 6.10 Å². The average Bonchev–Trinajstić information content (AvgIpc) is 2.15. The Morgan fingerprint density at radius 3 is 2.31 bits per heavy atom. The number of hydrogen-bond donors (Lipinski definition) is 3. The maximum Gasteiger partial charge on any atom is 0.0680 e. The fourth-order valence-corrected chi connectivity index (χ4v) is 0.839. The number of rotatable bonds is 4. The Morgan fingerprint density at radius 2 is 1.77 bits per heavy atom. The fraction of sp³-hybridized carbons (Fsp3) is 0.400. The molecule has 0 fully saturated rings. The largest absolute Gasteiger partial charge is 0.392 e. The Bertz CT molecular complexity index is 236. The molecule has 0 radical (unpaired) electrons. The minimum atomic E-state index is -0.365. The predicted molar refractivity (Wildman–Crippen MR) is 54.3 cm³/mol. The molecule has 1 aromatic rings. The first-order valence-corrected chi connectivity index (χ1v) is 4.45. The van der Waals surface area contributed by atoms with Crippen LogP contribution in [0.2, 0.25) is 0 Å². The van der Waals surface area contributed by atoms with Crippen LogP contribution in [0, 0.1) is 0 Å². The Hall–Kier alpha value is -1.06. The number of aliphatic hydroxyl groups is 1. The number of aliphatic hydroxyl groups excluding tert-OH is 1. The van der Waals surface area contributed by atoms with Crippen molar-refractivity contribution >= 4 is 5.69 Å². The summed E-state index contributed by atoms with van der Waals surface area (Å²) in [5.41, 5.74) is 7.01. The molecule has 0 aromatic heterocycles. The SMILES string of the molecule is CC(O)C(C)NNc1ccccc1. The van der Waals surface area contributed by atoms with E-state index in [9.17, 15) is 5.11 Å². The van der Waals surface area contributed by atoms with Crippen LogP contribution in [0.4, 0.5) is 5.69 Å². The summed E-state index contributed by atoms with van der Waals surface area (Å²) in [5, 5.41) is 9.20. The van der Waals surface area contributed by atoms with Crippen LogP contribution in [0.25, 0.3) is 0 Å². The molecule has 2 atom stereocenters. The van der Waals surface area contributed by atoms with Crippen LogP contribution in [-0.4, -0.2) is 17.3 Å². The maximum absolute atomic E-state index is 9.20. The van der Waals surface area contributed by atoms with Gasteiger partial charge in [0.1, 0.15) is 0 Å². The van der Waals surface area contributed by atoms with Crippen molar-refractivity contribution in [3.8, 4) is 0 Å². The normalized spacial score (nSPS) is 15.0. The molecule has 3 heteroatoms. The van der Waals surface area contributed by atoms with E-state index in [1.807, 2.05) is 37.3 Å². The van der Waals surface area contributed by atoms with Gasteiger partial charge in [0.2, 0.25) is 0 Å². The molecule has 0 heterocycles. The van der Waals surface area contributed by atoms with Gasteiger partial charge in [-0.2, -0.15) is 0 Å². The van der Waals surface area contributed by atoms with Crippen molar-refractivity contribution in [2.45, 2.75) is 26.0 Å². The molecule has 13 heavy (non-hydrogen) atoms. The van der Waals surface area contributed by atoms with Crippen molar-refractivity contribution in [3.63, 3.8) is 0 Å². The Balaban J connectivity index is 2.35. The van der Waals surface area contributed by atoms with E-state index in [0.717, 1.165) is 5.69 Å². The van der Waals surface area contributed by atoms with Crippen LogP contribution >= 0.6 is 0 Å². The quantitative estimate of drug-likeness (QED) is 0.613. The number of nitrogens with one attached hydrogen (secondary N) is 2. The summed E-state index contributed by atoms with van der Waals surface area (Å²) in [6, 6.07) is 9.82. The van der Waals surface area contributed by atoms with E-state index in [1.165, 1.54) is 0 Å². The summed E-state index contributed by atoms with van der Waals surface area (Å²) < 4.78 is 0. The molecule has 3 N–H and O–H groups in total. The third-order valence-corrected chi connectivity index (χ3v) is 1.94. The summed E-state index contributed by atoms with van der Waals surface area (Å²) in [7, 11) is 0. The Labute approximate surface area is 78.8 Å². The minimum Gasteiger partial charge on any atom is -0.392 e. The molecule has 3 nitrogen and oxygen atoms in total. The van der Waals surface area contributed by atoms with Crippen LogP contribution in [0.3, 0.4) is 0 Å². The van der Waals surface area contributed by atoms with E-state index >= 15 is 0 Å². The van der Waals surface area contributed by atoms with Gasteiger partial charge in [-0.3, -0.25) is 0 Å². The van der Waals surface area contributed by atoms with Crippen LogP contribution in [-0.2, 0) is 0 Å². The van der Waals surface area contributed by atoms with Gasteiger partial charge in [0.25, 0.3) is 0 Å². The summed E-state index contributed by atoms with van der Waals surface area (Å²) in [6.07, 6.45) is -0.365. The third-order valence-electron chi connectivity index (χ3n) is 1.94. The van der Waals surface area contributed by atoms with Crippen molar-refractivity contribution in [3.05, 3.63) is 30.3 Å². The monoisotopic (exact) mass is 180 g/mol. The van der Waals surface area contributed by atoms with Crippen LogP contribution in [0.15, 0.2) is 30.3 Å². The molecule has 1 rings (SSSR count). The van der Waals surface area contributed by atoms with E-state index in [4.69, 9.17) is 0 Å². The predicted octanol–water partition coefficient (Wildman–Crippen LogP) is 1.37. The van der Waals surface area contributed by atoms with Crippen molar-refractivity contribution in [2.75, 3.05) is 5.43 Å². The second-order valence-electron chi connectivity index (χ2n) is 3.16. The highest BCUT2D eigenvalue weighted by Crippen LogP contribution is 2.03. The van der Waals surface area contributed by atoms with Crippen LogP contribution in [0.5, 0.6) is 0 Å². The number of anilines is 1. The highest BCUT2D eigenvalue weighted by molar-refractivity contribution is 5.41. The van der Waals surface area contributed by atoms with Crippen LogP contribution < -0.4 is 10.9 Å². The Morgan fingerprint density at radius 1 is 1.15 bits per heavy atom. The zero-order valence-corrected chi connectivity index (χ0v) is 7.99. The first-order chi connectivity index (χ1) is 6.20. The topological polar surface area (TPSA) is 44.3 Å². The zero-order valence-electron chi connectivity index (χ0n) is 7.99. The number of para-hydroxylation sites is 1. The molecule has 0 amide bonds. The lowest BCUT2D eigenvalue weighted by Crippen LogP contribution is -2.39. The van der Waals surface area contributed by atoms with E-state index in [0.29, 0.717) is 0 Å². The molecular formula is C10H16N2O. The second-order valence-corrected chi connectivity index (χ2v) is 3.16. The smallest absolute Gasteiger partial charge is 0.0680 e. The summed E-state index contributed by atoms with van der Waals surface area (Å²) >= 11 is 0. The van der Waals surface area contributed by atoms with Gasteiger partial charge in [0, 0.05) is 11.7 Å². The third kappa shape index (κ3) is 3.44. The van der Waals surface area contributed by atoms with Gasteiger partial charge >= 0.3 is 0 Å². The minimum absolute atomic E-state index is 0.0280. The molecule has 0 aliphatic carbocycles. The molecule has 2 unspecified atom stereocenters. The lowest BCUT2D eigenvalue weighted by molar-refractivity contribution is 0.157. The van der Waals surface area contributed by atoms with E-state index < -0.39 is 0 Å². The van der Waals surface area contributed by atoms with E-state index in [-0.39, 0.29) is 12.1 Å². The summed E-state index contributed by atoms with van der Waals surface area (Å²) in [6.45, 7) is 3.67. The van der Waals surface area contributed by atoms with Crippen molar-refractivity contribution < 1.29 is 5.11 Å². The lowest BCUT2D eigenvalue weighted by Gasteiger charge is -2.17. The molecule has 0 saturated carbocycles. The number of benzene rings is 1. The summed E-state index contributed by atoms with van der Waals surface area (Å²) in [5.74, 6) is 0. The fourth-order valence-electron chi connectivity index (χ4n) is 0.839. The van der Waals surface area contributed by atoms with Crippen molar-refractivity contribution in [2.24, 2.45) is 0 Å². The molecule has 1 aromatic carbocycles. The highest BCUT2D eigenvalue weighted by atomic mass is 16.3. The van der Waals surface area contributed by atoms with Gasteiger partial charge in [-0.25, -0.2) is 5.43 Å². The molecular weight excluding hydrogens is 164 g/mol. The molecule has 72 valence electrons. The van der Waals surface area contributed by atoms with Gasteiger partial charge < -0.3 is 10.5 Å². The molecule has 0 aliphatic rings. The van der Waals surface area contributed by atoms with Crippen molar-refractivity contribution in [1.29, 1.82) is 0 Å². The van der Waals surface area contributed by atoms with Gasteiger partial charge in [-0.15, -0.1) is 0 Å². The summed E-state index contributed by atoms with van der Waals surface area (Å²) in [4.78, 5) is 0. The molecule has 0 saturated heterocycles. The average molecular weight is 180 g/mol. The number of hydrogen-bond acceptors (Lipinski definition) is 3. The lowest BCUT2D eigenvalue weighted by atomic mass is 10.2.